The fourth-order valence-corrected chi connectivity index (χ4v) is 3.92. The topological polar surface area (TPSA) is 35.9 Å². The van der Waals surface area contributed by atoms with Crippen LogP contribution in [0.4, 0.5) is 5.69 Å². The van der Waals surface area contributed by atoms with E-state index in [0.29, 0.717) is 9.23 Å². The van der Waals surface area contributed by atoms with Crippen molar-refractivity contribution in [2.75, 3.05) is 18.0 Å². The summed E-state index contributed by atoms with van der Waals surface area (Å²) < 4.78 is 0.443. The molecular weight excluding hydrogens is 374 g/mol. The molecule has 0 N–H and O–H groups in total. The van der Waals surface area contributed by atoms with Crippen LogP contribution in [-0.2, 0) is 4.79 Å². The highest BCUT2D eigenvalue weighted by molar-refractivity contribution is 8.26. The van der Waals surface area contributed by atoms with E-state index in [9.17, 15) is 4.79 Å². The fraction of sp³-hybridized carbons (Fsp3) is 0.190. The lowest BCUT2D eigenvalue weighted by Crippen LogP contribution is -2.22. The summed E-state index contributed by atoms with van der Waals surface area (Å²) in [6.07, 6.45) is 3.51. The highest BCUT2D eigenvalue weighted by atomic mass is 32.2. The van der Waals surface area contributed by atoms with E-state index in [1.54, 1.807) is 6.21 Å². The van der Waals surface area contributed by atoms with Gasteiger partial charge in [-0.2, -0.15) is 10.1 Å². The Hall–Kier alpha value is -2.44. The molecule has 1 aliphatic rings. The lowest BCUT2D eigenvalue weighted by atomic mass is 10.1. The highest BCUT2D eigenvalue weighted by Crippen LogP contribution is 2.33. The van der Waals surface area contributed by atoms with Gasteiger partial charge in [0.2, 0.25) is 0 Å². The zero-order valence-corrected chi connectivity index (χ0v) is 17.0. The molecule has 0 saturated carbocycles. The maximum Gasteiger partial charge on any atom is 0.286 e. The molecule has 1 fully saturated rings. The van der Waals surface area contributed by atoms with Gasteiger partial charge in [0, 0.05) is 18.8 Å². The Morgan fingerprint density at radius 1 is 1.04 bits per heavy atom. The van der Waals surface area contributed by atoms with E-state index in [-0.39, 0.29) is 5.91 Å². The van der Waals surface area contributed by atoms with Crippen molar-refractivity contribution in [3.63, 3.8) is 0 Å². The van der Waals surface area contributed by atoms with Crippen LogP contribution in [0.3, 0.4) is 0 Å². The number of hydrazone groups is 1. The van der Waals surface area contributed by atoms with Crippen molar-refractivity contribution in [2.45, 2.75) is 13.8 Å². The first-order valence-corrected chi connectivity index (χ1v) is 10.1. The van der Waals surface area contributed by atoms with Gasteiger partial charge in [0.15, 0.2) is 4.32 Å². The van der Waals surface area contributed by atoms with E-state index in [2.05, 4.69) is 36.0 Å². The van der Waals surface area contributed by atoms with Crippen molar-refractivity contribution >= 4 is 52.2 Å². The van der Waals surface area contributed by atoms with Crippen LogP contribution in [0, 0.1) is 0 Å². The molecule has 0 spiro atoms. The van der Waals surface area contributed by atoms with Gasteiger partial charge >= 0.3 is 0 Å². The normalized spacial score (nSPS) is 15.9. The third-order valence-corrected chi connectivity index (χ3v) is 5.50. The van der Waals surface area contributed by atoms with Gasteiger partial charge in [0.05, 0.1) is 11.1 Å². The standard InChI is InChI=1S/C21H21N3OS2/c1-3-23(4-2)18-12-10-16(11-13-18)14-19-20(25)24(21(26)27-19)22-15-17-8-6-5-7-9-17/h5-15H,3-4H2,1-2H3/b19-14+,22-15+. The number of thioether (sulfide) groups is 1. The van der Waals surface area contributed by atoms with Crippen LogP contribution in [0.5, 0.6) is 0 Å². The number of hydrogen-bond acceptors (Lipinski definition) is 5. The lowest BCUT2D eigenvalue weighted by molar-refractivity contribution is -0.122. The van der Waals surface area contributed by atoms with Gasteiger partial charge in [-0.3, -0.25) is 4.79 Å². The molecule has 1 heterocycles. The number of hydrogen-bond donors (Lipinski definition) is 0. The minimum absolute atomic E-state index is 0.190. The Morgan fingerprint density at radius 3 is 2.33 bits per heavy atom. The zero-order valence-electron chi connectivity index (χ0n) is 15.3. The van der Waals surface area contributed by atoms with E-state index >= 15 is 0 Å². The molecule has 138 valence electrons. The summed E-state index contributed by atoms with van der Waals surface area (Å²) in [4.78, 5) is 15.5. The Bertz CT molecular complexity index is 872. The Labute approximate surface area is 169 Å². The third kappa shape index (κ3) is 4.64. The van der Waals surface area contributed by atoms with Crippen molar-refractivity contribution in [1.29, 1.82) is 0 Å². The zero-order chi connectivity index (χ0) is 19.2. The Morgan fingerprint density at radius 2 is 1.70 bits per heavy atom. The Balaban J connectivity index is 1.75. The molecular formula is C21H21N3OS2. The van der Waals surface area contributed by atoms with E-state index in [0.717, 1.165) is 24.2 Å². The number of amides is 1. The van der Waals surface area contributed by atoms with E-state index in [1.807, 2.05) is 48.5 Å². The second-order valence-corrected chi connectivity index (χ2v) is 7.59. The number of carbonyl (C=O) groups excluding carboxylic acids is 1. The van der Waals surface area contributed by atoms with Gasteiger partial charge in [0.1, 0.15) is 0 Å². The molecule has 27 heavy (non-hydrogen) atoms. The average Bonchev–Trinajstić information content (AvgIpc) is 2.96. The number of nitrogens with zero attached hydrogens (tertiary/aromatic N) is 3. The van der Waals surface area contributed by atoms with E-state index in [1.165, 1.54) is 22.5 Å². The van der Waals surface area contributed by atoms with Gasteiger partial charge in [-0.15, -0.1) is 0 Å². The minimum atomic E-state index is -0.190. The van der Waals surface area contributed by atoms with Crippen molar-refractivity contribution in [1.82, 2.24) is 5.01 Å². The molecule has 1 saturated heterocycles. The van der Waals surface area contributed by atoms with Crippen LogP contribution >= 0.6 is 24.0 Å². The number of anilines is 1. The van der Waals surface area contributed by atoms with E-state index in [4.69, 9.17) is 12.2 Å². The summed E-state index contributed by atoms with van der Waals surface area (Å²) in [5, 5.41) is 5.54. The van der Waals surface area contributed by atoms with Gasteiger partial charge < -0.3 is 4.90 Å². The van der Waals surface area contributed by atoms with Crippen molar-refractivity contribution in [3.8, 4) is 0 Å². The smallest absolute Gasteiger partial charge is 0.286 e. The predicted octanol–water partition coefficient (Wildman–Crippen LogP) is 4.77. The number of rotatable bonds is 6. The largest absolute Gasteiger partial charge is 0.372 e. The first-order chi connectivity index (χ1) is 13.1. The van der Waals surface area contributed by atoms with Crippen molar-refractivity contribution in [2.24, 2.45) is 5.10 Å². The average molecular weight is 396 g/mol. The molecule has 0 aliphatic carbocycles. The molecule has 3 rings (SSSR count). The van der Waals surface area contributed by atoms with Crippen LogP contribution in [0.15, 0.2) is 64.6 Å². The third-order valence-electron chi connectivity index (χ3n) is 4.21. The molecule has 6 heteroatoms. The molecule has 2 aromatic rings. The van der Waals surface area contributed by atoms with Crippen molar-refractivity contribution in [3.05, 3.63) is 70.6 Å². The summed E-state index contributed by atoms with van der Waals surface area (Å²) in [7, 11) is 0. The molecule has 2 aromatic carbocycles. The molecule has 1 amide bonds. The van der Waals surface area contributed by atoms with Crippen molar-refractivity contribution < 1.29 is 4.79 Å². The number of carbonyl (C=O) groups is 1. The van der Waals surface area contributed by atoms with E-state index < -0.39 is 0 Å². The molecule has 1 aliphatic heterocycles. The SMILES string of the molecule is CCN(CC)c1ccc(/C=C2/SC(=S)N(/N=C/c3ccccc3)C2=O)cc1. The second kappa shape index (κ2) is 8.97. The lowest BCUT2D eigenvalue weighted by Gasteiger charge is -2.20. The van der Waals surface area contributed by atoms with Crippen LogP contribution in [0.2, 0.25) is 0 Å². The van der Waals surface area contributed by atoms with Gasteiger partial charge in [-0.25, -0.2) is 0 Å². The first-order valence-electron chi connectivity index (χ1n) is 8.84. The Kier molecular flexibility index (Phi) is 6.42. The predicted molar refractivity (Wildman–Crippen MR) is 119 cm³/mol. The quantitative estimate of drug-likeness (QED) is 0.401. The fourth-order valence-electron chi connectivity index (χ4n) is 2.74. The minimum Gasteiger partial charge on any atom is -0.372 e. The molecule has 0 unspecified atom stereocenters. The van der Waals surface area contributed by atoms with Crippen LogP contribution < -0.4 is 4.90 Å². The molecule has 4 nitrogen and oxygen atoms in total. The van der Waals surface area contributed by atoms with Crippen LogP contribution in [0.1, 0.15) is 25.0 Å². The molecule has 0 aromatic heterocycles. The maximum atomic E-state index is 12.6. The highest BCUT2D eigenvalue weighted by Gasteiger charge is 2.32. The second-order valence-electron chi connectivity index (χ2n) is 5.91. The summed E-state index contributed by atoms with van der Waals surface area (Å²) in [6, 6.07) is 17.8. The number of thiocarbonyl (C=S) groups is 1. The summed E-state index contributed by atoms with van der Waals surface area (Å²) in [5.74, 6) is -0.190. The van der Waals surface area contributed by atoms with Gasteiger partial charge in [-0.05, 0) is 55.4 Å². The summed E-state index contributed by atoms with van der Waals surface area (Å²) in [5.41, 5.74) is 3.07. The van der Waals surface area contributed by atoms with Gasteiger partial charge in [0.25, 0.3) is 5.91 Å². The van der Waals surface area contributed by atoms with Crippen LogP contribution in [0.25, 0.3) is 6.08 Å². The first kappa shape index (κ1) is 19.3. The molecule has 0 radical (unpaired) electrons. The number of benzene rings is 2. The summed E-state index contributed by atoms with van der Waals surface area (Å²) in [6.45, 7) is 6.21. The summed E-state index contributed by atoms with van der Waals surface area (Å²) >= 11 is 6.60. The van der Waals surface area contributed by atoms with Crippen LogP contribution in [-0.4, -0.2) is 34.5 Å². The monoisotopic (exact) mass is 395 g/mol. The molecule has 0 bridgehead atoms. The van der Waals surface area contributed by atoms with Gasteiger partial charge in [-0.1, -0.05) is 54.2 Å². The maximum absolute atomic E-state index is 12.6. The molecule has 0 atom stereocenters.